The minimum absolute atomic E-state index is 0.0573. The number of anilines is 1. The summed E-state index contributed by atoms with van der Waals surface area (Å²) in [5.74, 6) is 1.48. The predicted molar refractivity (Wildman–Crippen MR) is 230 cm³/mol. The molecule has 3 aliphatic carbocycles. The standard InChI is InChI=1S/C49H60N2O9/c1-4-50-49(20-12-7-13-21-49)60-38-25-36(56-2)32-16-17-33-41-35(51-47(55)44(38)43(32)41)24-37-42(33)45(53)34(28-59-37)29-22-39(57-3)46(54)40(23-29)58-27-31(26-52)48(18-10-6-11-19-48)30-14-8-5-9-15-30/h5,8-9,14-15,22-25,31,34,45,47,50-55H,4,6-7,10-13,16-21,26-28H2,1-3H3/t31-,34-,45-,47+/m0/s1. The number of nitrogens with one attached hydrogen (secondary N) is 2. The van der Waals surface area contributed by atoms with E-state index in [1.54, 1.807) is 19.2 Å². The van der Waals surface area contributed by atoms with Gasteiger partial charge in [0.05, 0.1) is 39.1 Å². The summed E-state index contributed by atoms with van der Waals surface area (Å²) in [5.41, 5.74) is 7.01. The normalized spacial score (nSPS) is 22.6. The fraction of sp³-hybridized carbons (Fsp3) is 0.510. The van der Waals surface area contributed by atoms with E-state index in [1.165, 1.54) is 25.5 Å². The number of aromatic hydroxyl groups is 1. The van der Waals surface area contributed by atoms with Gasteiger partial charge in [-0.15, -0.1) is 0 Å². The average Bonchev–Trinajstić information content (AvgIpc) is 3.27. The summed E-state index contributed by atoms with van der Waals surface area (Å²) < 4.78 is 31.7. The number of benzene rings is 4. The topological polar surface area (TPSA) is 151 Å². The van der Waals surface area contributed by atoms with Gasteiger partial charge in [-0.05, 0) is 73.9 Å². The molecule has 0 amide bonds. The Hall–Kier alpha value is -4.68. The molecule has 4 aromatic rings. The first kappa shape index (κ1) is 40.7. The first-order valence-corrected chi connectivity index (χ1v) is 22.1. The first-order chi connectivity index (χ1) is 29.2. The van der Waals surface area contributed by atoms with Gasteiger partial charge in [-0.25, -0.2) is 0 Å². The lowest BCUT2D eigenvalue weighted by atomic mass is 9.62. The molecule has 4 aromatic carbocycles. The van der Waals surface area contributed by atoms with Gasteiger partial charge in [0.25, 0.3) is 0 Å². The third-order valence-corrected chi connectivity index (χ3v) is 14.3. The molecule has 11 nitrogen and oxygen atoms in total. The van der Waals surface area contributed by atoms with Gasteiger partial charge in [-0.1, -0.05) is 62.9 Å². The zero-order valence-corrected chi connectivity index (χ0v) is 35.1. The second-order valence-corrected chi connectivity index (χ2v) is 17.5. The summed E-state index contributed by atoms with van der Waals surface area (Å²) >= 11 is 0. The van der Waals surface area contributed by atoms with E-state index < -0.39 is 24.0 Å². The van der Waals surface area contributed by atoms with Crippen molar-refractivity contribution in [2.75, 3.05) is 45.9 Å². The van der Waals surface area contributed by atoms with Crippen molar-refractivity contribution in [3.8, 4) is 45.6 Å². The van der Waals surface area contributed by atoms with E-state index in [1.807, 2.05) is 18.2 Å². The number of fused-ring (bicyclic) bond motifs is 2. The quantitative estimate of drug-likeness (QED) is 0.0723. The highest BCUT2D eigenvalue weighted by Crippen LogP contribution is 2.58. The fourth-order valence-corrected chi connectivity index (χ4v) is 11.3. The van der Waals surface area contributed by atoms with Crippen molar-refractivity contribution in [2.24, 2.45) is 5.92 Å². The molecule has 11 heteroatoms. The molecular weight excluding hydrogens is 761 g/mol. The van der Waals surface area contributed by atoms with Gasteiger partial charge >= 0.3 is 0 Å². The van der Waals surface area contributed by atoms with Gasteiger partial charge in [-0.2, -0.15) is 0 Å². The number of methoxy groups -OCH3 is 2. The van der Waals surface area contributed by atoms with Crippen molar-refractivity contribution in [3.05, 3.63) is 88.0 Å². The zero-order chi connectivity index (χ0) is 41.6. The van der Waals surface area contributed by atoms with Crippen molar-refractivity contribution < 1.29 is 44.1 Å². The lowest BCUT2D eigenvalue weighted by molar-refractivity contribution is -0.00334. The highest BCUT2D eigenvalue weighted by molar-refractivity contribution is 5.93. The minimum atomic E-state index is -1.03. The maximum absolute atomic E-state index is 12.5. The Bertz CT molecular complexity index is 2190. The maximum atomic E-state index is 12.5. The van der Waals surface area contributed by atoms with Crippen LogP contribution in [0.5, 0.6) is 34.5 Å². The molecule has 0 unspecified atom stereocenters. The number of phenols is 1. The number of rotatable bonds is 13. The SMILES string of the molecule is CCNC1(Oc2cc(OC)c3c4c2[C@@H](O)Nc2cc5c(c(c2-4)CC3)[C@@H](O)[C@H](c2cc(OC)c(O)c(OC[C@H](CO)C3(c4ccccc4)CCCCC3)c2)CO5)CCCCC1. The third-order valence-electron chi connectivity index (χ3n) is 14.3. The van der Waals surface area contributed by atoms with Crippen molar-refractivity contribution in [2.45, 2.75) is 113 Å². The van der Waals surface area contributed by atoms with Crippen LogP contribution in [0.15, 0.2) is 54.6 Å². The predicted octanol–water partition coefficient (Wildman–Crippen LogP) is 8.34. The number of aliphatic hydroxyl groups excluding tert-OH is 3. The van der Waals surface area contributed by atoms with Gasteiger partial charge < -0.3 is 49.4 Å². The summed E-state index contributed by atoms with van der Waals surface area (Å²) in [6.45, 7) is 3.15. The van der Waals surface area contributed by atoms with Crippen LogP contribution in [0, 0.1) is 5.92 Å². The van der Waals surface area contributed by atoms with Crippen LogP contribution in [-0.4, -0.2) is 66.7 Å². The Kier molecular flexibility index (Phi) is 11.3. The molecule has 0 spiro atoms. The largest absolute Gasteiger partial charge is 0.502 e. The van der Waals surface area contributed by atoms with Gasteiger partial charge in [0.15, 0.2) is 23.5 Å². The summed E-state index contributed by atoms with van der Waals surface area (Å²) in [7, 11) is 3.18. The summed E-state index contributed by atoms with van der Waals surface area (Å²) in [6, 6.07) is 17.8. The Morgan fingerprint density at radius 3 is 2.22 bits per heavy atom. The van der Waals surface area contributed by atoms with E-state index in [9.17, 15) is 20.4 Å². The van der Waals surface area contributed by atoms with Crippen LogP contribution in [-0.2, 0) is 18.3 Å². The number of hydrogen-bond acceptors (Lipinski definition) is 11. The fourth-order valence-electron chi connectivity index (χ4n) is 11.3. The lowest BCUT2D eigenvalue weighted by Gasteiger charge is -2.43. The van der Waals surface area contributed by atoms with Crippen molar-refractivity contribution in [1.29, 1.82) is 0 Å². The Morgan fingerprint density at radius 1 is 0.817 bits per heavy atom. The van der Waals surface area contributed by atoms with Crippen molar-refractivity contribution in [3.63, 3.8) is 0 Å². The van der Waals surface area contributed by atoms with Gasteiger partial charge in [0.2, 0.25) is 5.75 Å². The number of phenolic OH excluding ortho intramolecular Hbond substituents is 1. The zero-order valence-electron chi connectivity index (χ0n) is 35.1. The van der Waals surface area contributed by atoms with E-state index in [4.69, 9.17) is 23.7 Å². The van der Waals surface area contributed by atoms with E-state index in [0.29, 0.717) is 41.0 Å². The molecule has 2 saturated carbocycles. The molecule has 2 fully saturated rings. The van der Waals surface area contributed by atoms with Crippen LogP contribution in [0.4, 0.5) is 5.69 Å². The van der Waals surface area contributed by atoms with E-state index in [-0.39, 0.29) is 48.4 Å². The molecule has 320 valence electrons. The average molecular weight is 821 g/mol. The number of hydrogen-bond donors (Lipinski definition) is 6. The molecule has 0 bridgehead atoms. The second kappa shape index (κ2) is 16.6. The first-order valence-electron chi connectivity index (χ1n) is 22.1. The molecule has 6 N–H and O–H groups in total. The lowest BCUT2D eigenvalue weighted by Crippen LogP contribution is -2.51. The molecule has 0 saturated heterocycles. The molecule has 2 aliphatic heterocycles. The van der Waals surface area contributed by atoms with Gasteiger partial charge in [-0.3, -0.25) is 5.32 Å². The molecular formula is C49H60N2O9. The molecule has 60 heavy (non-hydrogen) atoms. The smallest absolute Gasteiger partial charge is 0.200 e. The van der Waals surface area contributed by atoms with E-state index >= 15 is 0 Å². The highest BCUT2D eigenvalue weighted by Gasteiger charge is 2.44. The number of ether oxygens (including phenoxy) is 5. The Morgan fingerprint density at radius 2 is 1.52 bits per heavy atom. The van der Waals surface area contributed by atoms with Crippen LogP contribution in [0.1, 0.15) is 123 Å². The molecule has 9 rings (SSSR count). The molecule has 5 aliphatic rings. The van der Waals surface area contributed by atoms with E-state index in [2.05, 4.69) is 41.8 Å². The molecule has 4 atom stereocenters. The maximum Gasteiger partial charge on any atom is 0.200 e. The highest BCUT2D eigenvalue weighted by atomic mass is 16.5. The summed E-state index contributed by atoms with van der Waals surface area (Å²) in [6.07, 6.45) is 9.51. The van der Waals surface area contributed by atoms with Crippen molar-refractivity contribution >= 4 is 5.69 Å². The van der Waals surface area contributed by atoms with Crippen molar-refractivity contribution in [1.82, 2.24) is 5.32 Å². The monoisotopic (exact) mass is 820 g/mol. The third kappa shape index (κ3) is 6.91. The summed E-state index contributed by atoms with van der Waals surface area (Å²) in [5, 5.41) is 53.6. The van der Waals surface area contributed by atoms with Crippen LogP contribution in [0.25, 0.3) is 11.1 Å². The van der Waals surface area contributed by atoms with Gasteiger partial charge in [0.1, 0.15) is 17.2 Å². The van der Waals surface area contributed by atoms with Crippen LogP contribution in [0.3, 0.4) is 0 Å². The van der Waals surface area contributed by atoms with E-state index in [0.717, 1.165) is 91.6 Å². The molecule has 0 radical (unpaired) electrons. The second-order valence-electron chi connectivity index (χ2n) is 17.5. The van der Waals surface area contributed by atoms with Crippen LogP contribution < -0.4 is 34.3 Å². The van der Waals surface area contributed by atoms with Crippen LogP contribution >= 0.6 is 0 Å². The van der Waals surface area contributed by atoms with Gasteiger partial charge in [0, 0.05) is 76.8 Å². The van der Waals surface area contributed by atoms with Crippen LogP contribution in [0.2, 0.25) is 0 Å². The molecule has 0 aromatic heterocycles. The Balaban J connectivity index is 1.07. The number of aliphatic hydroxyl groups is 3. The molecule has 2 heterocycles. The minimum Gasteiger partial charge on any atom is -0.502 e. The Labute approximate surface area is 353 Å². The summed E-state index contributed by atoms with van der Waals surface area (Å²) in [4.78, 5) is 0.